The standard InChI is InChI=1S/C32H25N3O/c36-31(33-29-16-28(34-35-29)23-15-7-9-19-8-1-2-10-20(19)23)32-17-26-21-11-3-5-13-24(21)30(32)25-14-6-4-12-22(25)27(26)18-32/h1-16,26-27,30H,17-18H2,(H2,33,34,35,36). The van der Waals surface area contributed by atoms with E-state index >= 15 is 0 Å². The monoisotopic (exact) mass is 467 g/mol. The Hall–Kier alpha value is -4.18. The number of aromatic nitrogens is 2. The minimum absolute atomic E-state index is 0.0800. The summed E-state index contributed by atoms with van der Waals surface area (Å²) in [5.74, 6) is 1.54. The van der Waals surface area contributed by atoms with Gasteiger partial charge in [-0.05, 0) is 57.7 Å². The van der Waals surface area contributed by atoms with Crippen LogP contribution in [0.15, 0.2) is 97.1 Å². The van der Waals surface area contributed by atoms with Crippen LogP contribution >= 0.6 is 0 Å². The lowest BCUT2D eigenvalue weighted by atomic mass is 9.61. The van der Waals surface area contributed by atoms with Gasteiger partial charge >= 0.3 is 0 Å². The van der Waals surface area contributed by atoms with Gasteiger partial charge in [0.25, 0.3) is 0 Å². The van der Waals surface area contributed by atoms with Crippen molar-refractivity contribution in [1.82, 2.24) is 10.2 Å². The van der Waals surface area contributed by atoms with Crippen molar-refractivity contribution in [3.05, 3.63) is 119 Å². The third kappa shape index (κ3) is 2.59. The van der Waals surface area contributed by atoms with E-state index in [0.717, 1.165) is 29.5 Å². The van der Waals surface area contributed by atoms with Gasteiger partial charge in [0.1, 0.15) is 0 Å². The quantitative estimate of drug-likeness (QED) is 0.301. The molecule has 1 fully saturated rings. The Kier molecular flexibility index (Phi) is 4.00. The summed E-state index contributed by atoms with van der Waals surface area (Å²) in [6.07, 6.45) is 1.78. The largest absolute Gasteiger partial charge is 0.309 e. The number of anilines is 1. The maximum absolute atomic E-state index is 14.1. The second-order valence-electron chi connectivity index (χ2n) is 10.6. The number of benzene rings is 4. The molecule has 1 amide bonds. The SMILES string of the molecule is O=C(Nc1cc(-c2cccc3ccccc23)[nH]n1)C12CC3c4ccccc4C1c1ccccc1C3C2. The molecule has 0 saturated heterocycles. The zero-order valence-electron chi connectivity index (χ0n) is 19.7. The first-order valence-electron chi connectivity index (χ1n) is 12.8. The van der Waals surface area contributed by atoms with E-state index in [1.54, 1.807) is 0 Å². The summed E-state index contributed by atoms with van der Waals surface area (Å²) >= 11 is 0. The van der Waals surface area contributed by atoms with E-state index in [2.05, 4.69) is 94.4 Å². The molecule has 5 aromatic rings. The molecule has 3 aliphatic carbocycles. The molecule has 0 radical (unpaired) electrons. The van der Waals surface area contributed by atoms with Crippen molar-refractivity contribution in [3.63, 3.8) is 0 Å². The highest BCUT2D eigenvalue weighted by molar-refractivity contribution is 5.99. The van der Waals surface area contributed by atoms with Gasteiger partial charge in [-0.2, -0.15) is 5.10 Å². The van der Waals surface area contributed by atoms with E-state index < -0.39 is 5.41 Å². The zero-order valence-corrected chi connectivity index (χ0v) is 19.7. The summed E-state index contributed by atoms with van der Waals surface area (Å²) in [7, 11) is 0. The lowest BCUT2D eigenvalue weighted by Gasteiger charge is -2.42. The van der Waals surface area contributed by atoms with E-state index in [1.165, 1.54) is 27.6 Å². The van der Waals surface area contributed by atoms with Crippen molar-refractivity contribution >= 4 is 22.5 Å². The molecule has 3 bridgehead atoms. The predicted molar refractivity (Wildman–Crippen MR) is 142 cm³/mol. The van der Waals surface area contributed by atoms with Gasteiger partial charge in [-0.3, -0.25) is 9.89 Å². The number of amides is 1. The van der Waals surface area contributed by atoms with Gasteiger partial charge in [0.15, 0.2) is 5.82 Å². The van der Waals surface area contributed by atoms with Crippen molar-refractivity contribution < 1.29 is 4.79 Å². The molecule has 2 unspecified atom stereocenters. The molecule has 174 valence electrons. The van der Waals surface area contributed by atoms with E-state index in [4.69, 9.17) is 0 Å². The van der Waals surface area contributed by atoms with Crippen LogP contribution in [-0.2, 0) is 4.79 Å². The number of rotatable bonds is 3. The summed E-state index contributed by atoms with van der Waals surface area (Å²) < 4.78 is 0. The number of carbonyl (C=O) groups is 1. The van der Waals surface area contributed by atoms with Gasteiger partial charge in [0.05, 0.1) is 11.1 Å². The molecule has 4 aromatic carbocycles. The van der Waals surface area contributed by atoms with Crippen LogP contribution in [0.25, 0.3) is 22.0 Å². The lowest BCUT2D eigenvalue weighted by Crippen LogP contribution is -2.43. The van der Waals surface area contributed by atoms with Gasteiger partial charge in [0.2, 0.25) is 5.91 Å². The molecule has 1 aromatic heterocycles. The molecule has 3 aliphatic rings. The molecule has 36 heavy (non-hydrogen) atoms. The van der Waals surface area contributed by atoms with Gasteiger partial charge < -0.3 is 5.32 Å². The summed E-state index contributed by atoms with van der Waals surface area (Å²) in [5.41, 5.74) is 7.07. The Morgan fingerprint density at radius 1 is 0.778 bits per heavy atom. The lowest BCUT2D eigenvalue weighted by molar-refractivity contribution is -0.126. The fourth-order valence-electron chi connectivity index (χ4n) is 7.57. The molecule has 0 spiro atoms. The van der Waals surface area contributed by atoms with Crippen LogP contribution in [0.1, 0.15) is 52.8 Å². The second kappa shape index (κ2) is 7.17. The fourth-order valence-corrected chi connectivity index (χ4v) is 7.57. The minimum atomic E-state index is -0.448. The molecule has 2 N–H and O–H groups in total. The van der Waals surface area contributed by atoms with Crippen LogP contribution in [0.5, 0.6) is 0 Å². The molecule has 4 nitrogen and oxygen atoms in total. The molecule has 8 rings (SSSR count). The minimum Gasteiger partial charge on any atom is -0.309 e. The van der Waals surface area contributed by atoms with Crippen LogP contribution < -0.4 is 5.32 Å². The number of aromatic amines is 1. The van der Waals surface area contributed by atoms with Gasteiger partial charge in [-0.15, -0.1) is 0 Å². The van der Waals surface area contributed by atoms with Crippen LogP contribution in [0.3, 0.4) is 0 Å². The first-order chi connectivity index (χ1) is 17.7. The fraction of sp³-hybridized carbons (Fsp3) is 0.188. The average Bonchev–Trinajstić information content (AvgIpc) is 3.48. The van der Waals surface area contributed by atoms with Crippen LogP contribution in [0, 0.1) is 5.41 Å². The smallest absolute Gasteiger partial charge is 0.232 e. The Labute approximate surface area is 209 Å². The summed E-state index contributed by atoms with van der Waals surface area (Å²) in [6.45, 7) is 0. The molecule has 4 heteroatoms. The number of hydrogen-bond acceptors (Lipinski definition) is 2. The Balaban J connectivity index is 1.18. The second-order valence-corrected chi connectivity index (χ2v) is 10.6. The van der Waals surface area contributed by atoms with Crippen LogP contribution in [0.4, 0.5) is 5.82 Å². The summed E-state index contributed by atoms with van der Waals surface area (Å²) in [4.78, 5) is 14.1. The van der Waals surface area contributed by atoms with Crippen molar-refractivity contribution in [1.29, 1.82) is 0 Å². The molecule has 1 saturated carbocycles. The highest BCUT2D eigenvalue weighted by Gasteiger charge is 2.63. The first-order valence-corrected chi connectivity index (χ1v) is 12.8. The van der Waals surface area contributed by atoms with E-state index in [1.807, 2.05) is 18.2 Å². The highest BCUT2D eigenvalue weighted by atomic mass is 16.2. The molecule has 0 aliphatic heterocycles. The van der Waals surface area contributed by atoms with Gasteiger partial charge in [0, 0.05) is 17.5 Å². The number of hydrogen-bond donors (Lipinski definition) is 2. The van der Waals surface area contributed by atoms with Crippen molar-refractivity contribution in [3.8, 4) is 11.3 Å². The number of fused-ring (bicyclic) bond motifs is 10. The van der Waals surface area contributed by atoms with Crippen molar-refractivity contribution in [2.75, 3.05) is 5.32 Å². The molecule has 2 atom stereocenters. The molecular formula is C32H25N3O. The van der Waals surface area contributed by atoms with E-state index in [-0.39, 0.29) is 11.8 Å². The predicted octanol–water partition coefficient (Wildman–Crippen LogP) is 6.98. The number of carbonyl (C=O) groups excluding carboxylic acids is 1. The Bertz CT molecular complexity index is 1620. The average molecular weight is 468 g/mol. The third-order valence-electron chi connectivity index (χ3n) is 8.97. The summed E-state index contributed by atoms with van der Waals surface area (Å²) in [5, 5.41) is 13.2. The van der Waals surface area contributed by atoms with E-state index in [9.17, 15) is 4.79 Å². The Morgan fingerprint density at radius 2 is 1.39 bits per heavy atom. The summed E-state index contributed by atoms with van der Waals surface area (Å²) in [6, 6.07) is 34.1. The van der Waals surface area contributed by atoms with Crippen molar-refractivity contribution in [2.24, 2.45) is 5.41 Å². The number of H-pyrrole nitrogens is 1. The molecular weight excluding hydrogens is 442 g/mol. The number of nitrogens with one attached hydrogen (secondary N) is 2. The highest BCUT2D eigenvalue weighted by Crippen LogP contribution is 2.70. The van der Waals surface area contributed by atoms with Crippen LogP contribution in [-0.4, -0.2) is 16.1 Å². The first kappa shape index (κ1) is 20.1. The topological polar surface area (TPSA) is 57.8 Å². The maximum Gasteiger partial charge on any atom is 0.232 e. The van der Waals surface area contributed by atoms with Crippen LogP contribution in [0.2, 0.25) is 0 Å². The third-order valence-corrected chi connectivity index (χ3v) is 8.97. The zero-order chi connectivity index (χ0) is 23.9. The molecule has 1 heterocycles. The van der Waals surface area contributed by atoms with E-state index in [0.29, 0.717) is 17.7 Å². The van der Waals surface area contributed by atoms with Crippen molar-refractivity contribution in [2.45, 2.75) is 30.6 Å². The maximum atomic E-state index is 14.1. The van der Waals surface area contributed by atoms with Gasteiger partial charge in [-0.25, -0.2) is 0 Å². The normalized spacial score (nSPS) is 24.9. The number of nitrogens with zero attached hydrogens (tertiary/aromatic N) is 1. The Morgan fingerprint density at radius 3 is 2.11 bits per heavy atom. The van der Waals surface area contributed by atoms with Gasteiger partial charge in [-0.1, -0.05) is 91.0 Å².